The van der Waals surface area contributed by atoms with Gasteiger partial charge in [0.1, 0.15) is 18.1 Å². The van der Waals surface area contributed by atoms with Gasteiger partial charge in [0, 0.05) is 48.8 Å². The number of imidazole rings is 2. The van der Waals surface area contributed by atoms with Crippen molar-refractivity contribution in [3.8, 4) is 0 Å². The first-order chi connectivity index (χ1) is 17.1. The van der Waals surface area contributed by atoms with Crippen molar-refractivity contribution < 1.29 is 34.2 Å². The number of nitrogens with zero attached hydrogens (tertiary/aromatic N) is 2. The highest BCUT2D eigenvalue weighted by Gasteiger charge is 2.30. The van der Waals surface area contributed by atoms with E-state index in [1.807, 2.05) is 0 Å². The molecule has 2 aromatic heterocycles. The lowest BCUT2D eigenvalue weighted by molar-refractivity contribution is -0.143. The molecule has 9 N–H and O–H groups in total. The van der Waals surface area contributed by atoms with Crippen molar-refractivity contribution >= 4 is 42.3 Å². The van der Waals surface area contributed by atoms with Crippen LogP contribution in [0.2, 0.25) is 0 Å². The maximum absolute atomic E-state index is 12.9. The maximum Gasteiger partial charge on any atom is 0.326 e. The number of hydrogen-bond acceptors (Lipinski definition) is 9. The lowest BCUT2D eigenvalue weighted by Crippen LogP contribution is -2.58. The van der Waals surface area contributed by atoms with E-state index in [1.54, 1.807) is 0 Å². The zero-order chi connectivity index (χ0) is 26.7. The highest BCUT2D eigenvalue weighted by molar-refractivity contribution is 7.80. The van der Waals surface area contributed by atoms with Crippen molar-refractivity contribution in [3.63, 3.8) is 0 Å². The van der Waals surface area contributed by atoms with Crippen molar-refractivity contribution in [3.05, 3.63) is 36.4 Å². The minimum atomic E-state index is -1.49. The Morgan fingerprint density at radius 1 is 0.861 bits per heavy atom. The molecule has 196 valence electrons. The molecule has 2 aromatic rings. The van der Waals surface area contributed by atoms with Crippen molar-refractivity contribution in [1.29, 1.82) is 0 Å². The Morgan fingerprint density at radius 2 is 1.39 bits per heavy atom. The van der Waals surface area contributed by atoms with Gasteiger partial charge < -0.3 is 41.9 Å². The van der Waals surface area contributed by atoms with Crippen molar-refractivity contribution in [2.24, 2.45) is 5.73 Å². The van der Waals surface area contributed by atoms with Crippen LogP contribution in [0.1, 0.15) is 24.2 Å². The number of carboxylic acids is 2. The number of nitrogens with one attached hydrogen (secondary N) is 5. The number of aliphatic carboxylic acids is 2. The summed E-state index contributed by atoms with van der Waals surface area (Å²) in [5, 5.41) is 25.4. The molecule has 36 heavy (non-hydrogen) atoms. The number of carboxylic acid groups (broad SMARTS) is 2. The van der Waals surface area contributed by atoms with Gasteiger partial charge in [0.2, 0.25) is 17.7 Å². The average Bonchev–Trinajstić information content (AvgIpc) is 3.53. The van der Waals surface area contributed by atoms with Crippen LogP contribution >= 0.6 is 12.6 Å². The van der Waals surface area contributed by atoms with Gasteiger partial charge in [0.05, 0.1) is 18.7 Å². The molecule has 0 spiro atoms. The van der Waals surface area contributed by atoms with Crippen LogP contribution in [0.5, 0.6) is 0 Å². The van der Waals surface area contributed by atoms with Gasteiger partial charge in [-0.1, -0.05) is 0 Å². The van der Waals surface area contributed by atoms with Gasteiger partial charge in [-0.2, -0.15) is 12.6 Å². The molecule has 0 aliphatic rings. The van der Waals surface area contributed by atoms with Crippen molar-refractivity contribution in [1.82, 2.24) is 35.9 Å². The number of aromatic nitrogens is 4. The Bertz CT molecular complexity index is 1030. The molecule has 0 bridgehead atoms. The second kappa shape index (κ2) is 13.8. The van der Waals surface area contributed by atoms with E-state index in [0.717, 1.165) is 0 Å². The van der Waals surface area contributed by atoms with E-state index in [-0.39, 0.29) is 25.0 Å². The summed E-state index contributed by atoms with van der Waals surface area (Å²) in [7, 11) is 0. The minimum absolute atomic E-state index is 0.0879. The van der Waals surface area contributed by atoms with Crippen molar-refractivity contribution in [2.45, 2.75) is 49.9 Å². The Balaban J connectivity index is 2.08. The van der Waals surface area contributed by atoms with E-state index in [4.69, 9.17) is 10.8 Å². The number of H-pyrrole nitrogens is 2. The first kappa shape index (κ1) is 28.3. The summed E-state index contributed by atoms with van der Waals surface area (Å²) in [6.07, 6.45) is 4.93. The number of amides is 3. The Labute approximate surface area is 210 Å². The normalized spacial score (nSPS) is 14.2. The fraction of sp³-hybridized carbons (Fsp3) is 0.450. The molecule has 0 aliphatic heterocycles. The molecule has 0 saturated heterocycles. The summed E-state index contributed by atoms with van der Waals surface area (Å²) >= 11 is 4.10. The predicted octanol–water partition coefficient (Wildman–Crippen LogP) is -2.42. The highest BCUT2D eigenvalue weighted by Crippen LogP contribution is 2.05. The number of hydrogen-bond donors (Lipinski definition) is 9. The first-order valence-corrected chi connectivity index (χ1v) is 11.4. The lowest BCUT2D eigenvalue weighted by atomic mass is 10.1. The van der Waals surface area contributed by atoms with E-state index < -0.39 is 60.2 Å². The van der Waals surface area contributed by atoms with E-state index >= 15 is 0 Å². The largest absolute Gasteiger partial charge is 0.481 e. The number of aromatic amines is 2. The number of nitrogens with two attached hydrogens (primary N) is 1. The molecule has 15 nitrogen and oxygen atoms in total. The average molecular weight is 525 g/mol. The van der Waals surface area contributed by atoms with Gasteiger partial charge in [0.25, 0.3) is 0 Å². The van der Waals surface area contributed by atoms with Gasteiger partial charge in [0.15, 0.2) is 0 Å². The molecule has 2 rings (SSSR count). The molecule has 4 atom stereocenters. The fourth-order valence-corrected chi connectivity index (χ4v) is 3.35. The molecule has 3 amide bonds. The van der Waals surface area contributed by atoms with E-state index in [0.29, 0.717) is 11.4 Å². The third kappa shape index (κ3) is 9.03. The van der Waals surface area contributed by atoms with Crippen LogP contribution in [0.4, 0.5) is 0 Å². The standard InChI is InChI=1S/C20H28N8O7S/c21-12(3-10-5-22-8-24-10)17(31)28-15(7-36)19(33)27-14(4-11-6-23-9-25-11)18(32)26-13(20(34)35)1-2-16(29)30/h5-6,8-9,12-15,36H,1-4,7,21H2,(H,22,24)(H,23,25)(H,26,32)(H,27,33)(H,28,31)(H,29,30)(H,34,35). The molecule has 4 unspecified atom stereocenters. The molecular formula is C20H28N8O7S. The monoisotopic (exact) mass is 524 g/mol. The van der Waals surface area contributed by atoms with Crippen LogP contribution in [0, 0.1) is 0 Å². The molecule has 0 saturated carbocycles. The van der Waals surface area contributed by atoms with Crippen LogP contribution in [0.3, 0.4) is 0 Å². The Kier molecular flexibility index (Phi) is 10.9. The topological polar surface area (TPSA) is 245 Å². The highest BCUT2D eigenvalue weighted by atomic mass is 32.1. The molecule has 0 radical (unpaired) electrons. The molecular weight excluding hydrogens is 496 g/mol. The minimum Gasteiger partial charge on any atom is -0.481 e. The second-order valence-electron chi connectivity index (χ2n) is 7.81. The van der Waals surface area contributed by atoms with Crippen molar-refractivity contribution in [2.75, 3.05) is 5.75 Å². The summed E-state index contributed by atoms with van der Waals surface area (Å²) in [6, 6.07) is -4.92. The number of carbonyl (C=O) groups excluding carboxylic acids is 3. The SMILES string of the molecule is NC(Cc1cnc[nH]1)C(=O)NC(CS)C(=O)NC(Cc1cnc[nH]1)C(=O)NC(CCC(=O)O)C(=O)O. The Morgan fingerprint density at radius 3 is 1.89 bits per heavy atom. The summed E-state index contributed by atoms with van der Waals surface area (Å²) in [4.78, 5) is 73.8. The van der Waals surface area contributed by atoms with Crippen LogP contribution < -0.4 is 21.7 Å². The first-order valence-electron chi connectivity index (χ1n) is 10.8. The Hall–Kier alpha value is -3.92. The molecule has 0 aromatic carbocycles. The summed E-state index contributed by atoms with van der Waals surface area (Å²) in [5.74, 6) is -5.03. The van der Waals surface area contributed by atoms with Gasteiger partial charge >= 0.3 is 11.9 Å². The van der Waals surface area contributed by atoms with Gasteiger partial charge in [-0.05, 0) is 6.42 Å². The smallest absolute Gasteiger partial charge is 0.326 e. The van der Waals surface area contributed by atoms with Crippen LogP contribution in [-0.4, -0.2) is 89.7 Å². The van der Waals surface area contributed by atoms with E-state index in [9.17, 15) is 29.1 Å². The quantitative estimate of drug-likeness (QED) is 0.112. The lowest BCUT2D eigenvalue weighted by Gasteiger charge is -2.24. The summed E-state index contributed by atoms with van der Waals surface area (Å²) < 4.78 is 0. The zero-order valence-corrected chi connectivity index (χ0v) is 19.9. The molecule has 16 heteroatoms. The van der Waals surface area contributed by atoms with E-state index in [1.165, 1.54) is 25.0 Å². The van der Waals surface area contributed by atoms with Gasteiger partial charge in [-0.15, -0.1) is 0 Å². The van der Waals surface area contributed by atoms with Gasteiger partial charge in [-0.3, -0.25) is 19.2 Å². The third-order valence-corrected chi connectivity index (χ3v) is 5.39. The second-order valence-corrected chi connectivity index (χ2v) is 8.17. The molecule has 2 heterocycles. The molecule has 0 aliphatic carbocycles. The molecule has 0 fully saturated rings. The zero-order valence-electron chi connectivity index (χ0n) is 19.0. The number of rotatable bonds is 15. The maximum atomic E-state index is 12.9. The third-order valence-electron chi connectivity index (χ3n) is 5.02. The van der Waals surface area contributed by atoms with E-state index in [2.05, 4.69) is 48.5 Å². The van der Waals surface area contributed by atoms with Crippen LogP contribution in [0.25, 0.3) is 0 Å². The summed E-state index contributed by atoms with van der Waals surface area (Å²) in [6.45, 7) is 0. The summed E-state index contributed by atoms with van der Waals surface area (Å²) in [5.41, 5.74) is 6.98. The fourth-order valence-electron chi connectivity index (χ4n) is 3.09. The number of carbonyl (C=O) groups is 5. The van der Waals surface area contributed by atoms with Gasteiger partial charge in [-0.25, -0.2) is 14.8 Å². The number of thiol groups is 1. The predicted molar refractivity (Wildman–Crippen MR) is 127 cm³/mol. The van der Waals surface area contributed by atoms with Crippen LogP contribution in [-0.2, 0) is 36.8 Å². The van der Waals surface area contributed by atoms with Crippen LogP contribution in [0.15, 0.2) is 25.0 Å².